The number of ether oxygens (including phenoxy) is 1. The first kappa shape index (κ1) is 11.6. The van der Waals surface area contributed by atoms with Crippen molar-refractivity contribution < 1.29 is 13.9 Å². The summed E-state index contributed by atoms with van der Waals surface area (Å²) < 4.78 is 18.2. The van der Waals surface area contributed by atoms with Crippen molar-refractivity contribution in [3.8, 4) is 0 Å². The van der Waals surface area contributed by atoms with Crippen molar-refractivity contribution in [1.82, 2.24) is 0 Å². The number of methoxy groups -OCH3 is 1. The lowest BCUT2D eigenvalue weighted by molar-refractivity contribution is -0.141. The van der Waals surface area contributed by atoms with Gasteiger partial charge in [-0.2, -0.15) is 0 Å². The molecule has 1 saturated carbocycles. The number of halogens is 2. The number of hydrogen-bond donors (Lipinski definition) is 0. The average molecular weight is 287 g/mol. The summed E-state index contributed by atoms with van der Waals surface area (Å²) in [6.45, 7) is 0. The SMILES string of the molecule is COC(=O)CC1(c2ccc(F)c(Br)c2)CC1. The van der Waals surface area contributed by atoms with E-state index in [0.29, 0.717) is 10.9 Å². The fraction of sp³-hybridized carbons (Fsp3) is 0.417. The molecule has 0 radical (unpaired) electrons. The molecule has 86 valence electrons. The van der Waals surface area contributed by atoms with Crippen LogP contribution < -0.4 is 0 Å². The van der Waals surface area contributed by atoms with Crippen LogP contribution in [0.1, 0.15) is 24.8 Å². The molecule has 16 heavy (non-hydrogen) atoms. The van der Waals surface area contributed by atoms with Crippen LogP contribution in [0.5, 0.6) is 0 Å². The lowest BCUT2D eigenvalue weighted by Crippen LogP contribution is -2.14. The topological polar surface area (TPSA) is 26.3 Å². The lowest BCUT2D eigenvalue weighted by Gasteiger charge is -2.14. The smallest absolute Gasteiger partial charge is 0.306 e. The Morgan fingerprint density at radius 3 is 2.75 bits per heavy atom. The fourth-order valence-electron chi connectivity index (χ4n) is 1.89. The standard InChI is InChI=1S/C12H12BrFO2/c1-16-11(15)7-12(4-5-12)8-2-3-10(14)9(13)6-8/h2-3,6H,4-5,7H2,1H3. The number of rotatable bonds is 3. The molecule has 1 aliphatic rings. The minimum atomic E-state index is -0.280. The second-order valence-corrected chi connectivity index (χ2v) is 5.02. The minimum absolute atomic E-state index is 0.122. The highest BCUT2D eigenvalue weighted by atomic mass is 79.9. The predicted octanol–water partition coefficient (Wildman–Crippen LogP) is 3.18. The van der Waals surface area contributed by atoms with Gasteiger partial charge in [0.05, 0.1) is 18.0 Å². The van der Waals surface area contributed by atoms with Gasteiger partial charge in [0, 0.05) is 5.41 Å². The Morgan fingerprint density at radius 2 is 2.25 bits per heavy atom. The van der Waals surface area contributed by atoms with Gasteiger partial charge in [0.25, 0.3) is 0 Å². The summed E-state index contributed by atoms with van der Waals surface area (Å²) in [6.07, 6.45) is 2.29. The zero-order valence-electron chi connectivity index (χ0n) is 8.93. The molecule has 0 spiro atoms. The predicted molar refractivity (Wildman–Crippen MR) is 61.6 cm³/mol. The summed E-state index contributed by atoms with van der Waals surface area (Å²) in [5.74, 6) is -0.490. The van der Waals surface area contributed by atoms with E-state index in [9.17, 15) is 9.18 Å². The Morgan fingerprint density at radius 1 is 1.56 bits per heavy atom. The molecule has 0 saturated heterocycles. The minimum Gasteiger partial charge on any atom is -0.469 e. The third-order valence-electron chi connectivity index (χ3n) is 3.10. The maximum Gasteiger partial charge on any atom is 0.306 e. The number of benzene rings is 1. The summed E-state index contributed by atoms with van der Waals surface area (Å²) in [5, 5.41) is 0. The van der Waals surface area contributed by atoms with E-state index >= 15 is 0 Å². The molecule has 0 atom stereocenters. The molecule has 0 aliphatic heterocycles. The van der Waals surface area contributed by atoms with Gasteiger partial charge in [-0.05, 0) is 46.5 Å². The van der Waals surface area contributed by atoms with Crippen LogP contribution in [0.3, 0.4) is 0 Å². The van der Waals surface area contributed by atoms with Crippen molar-refractivity contribution >= 4 is 21.9 Å². The van der Waals surface area contributed by atoms with Gasteiger partial charge in [0.15, 0.2) is 0 Å². The first-order valence-corrected chi connectivity index (χ1v) is 5.89. The van der Waals surface area contributed by atoms with E-state index in [1.807, 2.05) is 0 Å². The quantitative estimate of drug-likeness (QED) is 0.798. The Balaban J connectivity index is 2.23. The van der Waals surface area contributed by atoms with E-state index in [-0.39, 0.29) is 17.2 Å². The maximum atomic E-state index is 13.1. The van der Waals surface area contributed by atoms with Gasteiger partial charge in [0.1, 0.15) is 5.82 Å². The second kappa shape index (κ2) is 4.17. The maximum absolute atomic E-state index is 13.1. The molecule has 0 heterocycles. The Kier molecular flexibility index (Phi) is 3.02. The second-order valence-electron chi connectivity index (χ2n) is 4.16. The highest BCUT2D eigenvalue weighted by molar-refractivity contribution is 9.10. The third-order valence-corrected chi connectivity index (χ3v) is 3.70. The van der Waals surface area contributed by atoms with Crippen LogP contribution in [0.2, 0.25) is 0 Å². The highest BCUT2D eigenvalue weighted by Crippen LogP contribution is 2.51. The summed E-state index contributed by atoms with van der Waals surface area (Å²) in [4.78, 5) is 11.3. The van der Waals surface area contributed by atoms with Crippen LogP contribution in [0.25, 0.3) is 0 Å². The molecule has 0 amide bonds. The van der Waals surface area contributed by atoms with Gasteiger partial charge in [-0.3, -0.25) is 4.79 Å². The normalized spacial score (nSPS) is 16.9. The summed E-state index contributed by atoms with van der Waals surface area (Å²) in [6, 6.07) is 4.93. The van der Waals surface area contributed by atoms with E-state index in [4.69, 9.17) is 0 Å². The lowest BCUT2D eigenvalue weighted by atomic mass is 9.92. The van der Waals surface area contributed by atoms with Crippen molar-refractivity contribution in [2.75, 3.05) is 7.11 Å². The van der Waals surface area contributed by atoms with Crippen LogP contribution in [0, 0.1) is 5.82 Å². The Hall–Kier alpha value is -0.900. The van der Waals surface area contributed by atoms with Crippen LogP contribution in [0.4, 0.5) is 4.39 Å². The van der Waals surface area contributed by atoms with Crippen LogP contribution in [-0.2, 0) is 14.9 Å². The van der Waals surface area contributed by atoms with E-state index in [1.54, 1.807) is 12.1 Å². The van der Waals surface area contributed by atoms with Crippen molar-refractivity contribution in [2.45, 2.75) is 24.7 Å². The molecule has 0 unspecified atom stereocenters. The van der Waals surface area contributed by atoms with Gasteiger partial charge < -0.3 is 4.74 Å². The number of carbonyl (C=O) groups excluding carboxylic acids is 1. The zero-order valence-corrected chi connectivity index (χ0v) is 10.5. The molecule has 1 aromatic rings. The van der Waals surface area contributed by atoms with Crippen molar-refractivity contribution in [3.63, 3.8) is 0 Å². The molecule has 0 bridgehead atoms. The van der Waals surface area contributed by atoms with Crippen molar-refractivity contribution in [1.29, 1.82) is 0 Å². The van der Waals surface area contributed by atoms with Crippen LogP contribution >= 0.6 is 15.9 Å². The van der Waals surface area contributed by atoms with Gasteiger partial charge in [-0.1, -0.05) is 6.07 Å². The van der Waals surface area contributed by atoms with Gasteiger partial charge >= 0.3 is 5.97 Å². The third kappa shape index (κ3) is 2.12. The molecular weight excluding hydrogens is 275 g/mol. The van der Waals surface area contributed by atoms with Gasteiger partial charge in [-0.25, -0.2) is 4.39 Å². The van der Waals surface area contributed by atoms with Gasteiger partial charge in [-0.15, -0.1) is 0 Å². The van der Waals surface area contributed by atoms with Crippen LogP contribution in [-0.4, -0.2) is 13.1 Å². The molecule has 0 N–H and O–H groups in total. The molecule has 1 aliphatic carbocycles. The summed E-state index contributed by atoms with van der Waals surface area (Å²) >= 11 is 3.16. The fourth-order valence-corrected chi connectivity index (χ4v) is 2.27. The largest absolute Gasteiger partial charge is 0.469 e. The molecule has 2 rings (SSSR count). The highest BCUT2D eigenvalue weighted by Gasteiger charge is 2.46. The summed E-state index contributed by atoms with van der Waals surface area (Å²) in [5.41, 5.74) is 0.884. The molecule has 0 aromatic heterocycles. The number of esters is 1. The molecule has 2 nitrogen and oxygen atoms in total. The Labute approximate surface area is 102 Å². The molecule has 4 heteroatoms. The Bertz CT molecular complexity index is 427. The van der Waals surface area contributed by atoms with E-state index in [0.717, 1.165) is 18.4 Å². The van der Waals surface area contributed by atoms with Crippen LogP contribution in [0.15, 0.2) is 22.7 Å². The average Bonchev–Trinajstić information content (AvgIpc) is 3.03. The first-order chi connectivity index (χ1) is 7.57. The van der Waals surface area contributed by atoms with E-state index < -0.39 is 0 Å². The molecular formula is C12H12BrFO2. The van der Waals surface area contributed by atoms with E-state index in [1.165, 1.54) is 13.2 Å². The van der Waals surface area contributed by atoms with E-state index in [2.05, 4.69) is 20.7 Å². The number of carbonyl (C=O) groups is 1. The van der Waals surface area contributed by atoms with Crippen molar-refractivity contribution in [3.05, 3.63) is 34.1 Å². The number of hydrogen-bond acceptors (Lipinski definition) is 2. The first-order valence-electron chi connectivity index (χ1n) is 5.10. The monoisotopic (exact) mass is 286 g/mol. The summed E-state index contributed by atoms with van der Waals surface area (Å²) in [7, 11) is 1.39. The van der Waals surface area contributed by atoms with Gasteiger partial charge in [0.2, 0.25) is 0 Å². The van der Waals surface area contributed by atoms with Crippen molar-refractivity contribution in [2.24, 2.45) is 0 Å². The molecule has 1 fully saturated rings. The molecule has 1 aromatic carbocycles. The zero-order chi connectivity index (χ0) is 11.8.